The molecule has 18 heavy (non-hydrogen) atoms. The molecule has 1 aromatic carbocycles. The van der Waals surface area contributed by atoms with Crippen LogP contribution in [0.4, 0.5) is 5.69 Å². The first-order chi connectivity index (χ1) is 8.58. The lowest BCUT2D eigenvalue weighted by molar-refractivity contribution is 0.204. The maximum absolute atomic E-state index is 5.21. The Hall–Kier alpha value is -0.0600. The van der Waals surface area contributed by atoms with Gasteiger partial charge in [-0.05, 0) is 29.7 Å². The molecular formula is C14H21Br2NO. The quantitative estimate of drug-likeness (QED) is 0.649. The van der Waals surface area contributed by atoms with Crippen molar-refractivity contribution in [1.82, 2.24) is 0 Å². The predicted octanol–water partition coefficient (Wildman–Crippen LogP) is 4.45. The van der Waals surface area contributed by atoms with Gasteiger partial charge in [0.2, 0.25) is 0 Å². The molecule has 4 heteroatoms. The van der Waals surface area contributed by atoms with Crippen LogP contribution in [0.15, 0.2) is 22.7 Å². The molecule has 102 valence electrons. The van der Waals surface area contributed by atoms with E-state index >= 15 is 0 Å². The van der Waals surface area contributed by atoms with Crippen LogP contribution < -0.4 is 4.90 Å². The van der Waals surface area contributed by atoms with E-state index in [2.05, 4.69) is 68.8 Å². The summed E-state index contributed by atoms with van der Waals surface area (Å²) in [5.74, 6) is 0.633. The minimum Gasteiger partial charge on any atom is -0.383 e. The molecule has 0 radical (unpaired) electrons. The second-order valence-corrected chi connectivity index (χ2v) is 6.22. The number of ether oxygens (including phenoxy) is 1. The summed E-state index contributed by atoms with van der Waals surface area (Å²) in [6.45, 7) is 7.21. The minimum absolute atomic E-state index is 0.633. The molecule has 0 aliphatic rings. The normalized spacial score (nSPS) is 11.0. The van der Waals surface area contributed by atoms with Crippen molar-refractivity contribution < 1.29 is 4.74 Å². The van der Waals surface area contributed by atoms with Crippen LogP contribution in [0.5, 0.6) is 0 Å². The van der Waals surface area contributed by atoms with Crippen molar-refractivity contribution in [2.45, 2.75) is 19.2 Å². The van der Waals surface area contributed by atoms with Gasteiger partial charge in [0.15, 0.2) is 0 Å². The smallest absolute Gasteiger partial charge is 0.0637 e. The molecule has 1 aromatic rings. The number of benzene rings is 1. The summed E-state index contributed by atoms with van der Waals surface area (Å²) in [6, 6.07) is 6.45. The molecular weight excluding hydrogens is 358 g/mol. The lowest BCUT2D eigenvalue weighted by atomic mass is 10.1. The third kappa shape index (κ3) is 4.90. The monoisotopic (exact) mass is 377 g/mol. The van der Waals surface area contributed by atoms with E-state index in [1.54, 1.807) is 7.11 Å². The van der Waals surface area contributed by atoms with Crippen LogP contribution in [0.25, 0.3) is 0 Å². The molecule has 1 rings (SSSR count). The molecule has 0 aliphatic carbocycles. The Morgan fingerprint density at radius 1 is 1.33 bits per heavy atom. The molecule has 0 amide bonds. The molecule has 0 atom stereocenters. The molecule has 0 bridgehead atoms. The number of nitrogens with zero attached hydrogens (tertiary/aromatic N) is 1. The molecule has 0 unspecified atom stereocenters. The molecule has 0 spiro atoms. The molecule has 0 heterocycles. The zero-order chi connectivity index (χ0) is 13.5. The van der Waals surface area contributed by atoms with E-state index in [9.17, 15) is 0 Å². The Kier molecular flexibility index (Phi) is 7.27. The molecule has 0 fully saturated rings. The standard InChI is InChI=1S/C14H21Br2NO/c1-11(2)10-17(6-7-18-3)14-5-4-13(16)8-12(14)9-15/h4-5,8,11H,6-7,9-10H2,1-3H3. The van der Waals surface area contributed by atoms with Gasteiger partial charge in [0.05, 0.1) is 6.61 Å². The van der Waals surface area contributed by atoms with Crippen LogP contribution in [0.3, 0.4) is 0 Å². The third-order valence-corrected chi connectivity index (χ3v) is 3.77. The maximum Gasteiger partial charge on any atom is 0.0637 e. The summed E-state index contributed by atoms with van der Waals surface area (Å²) < 4.78 is 6.33. The largest absolute Gasteiger partial charge is 0.383 e. The molecule has 0 N–H and O–H groups in total. The highest BCUT2D eigenvalue weighted by atomic mass is 79.9. The first kappa shape index (κ1) is 16.0. The summed E-state index contributed by atoms with van der Waals surface area (Å²) in [6.07, 6.45) is 0. The lowest BCUT2D eigenvalue weighted by Gasteiger charge is -2.28. The van der Waals surface area contributed by atoms with Gasteiger partial charge in [-0.25, -0.2) is 0 Å². The van der Waals surface area contributed by atoms with Crippen molar-refractivity contribution in [3.05, 3.63) is 28.2 Å². The van der Waals surface area contributed by atoms with Crippen molar-refractivity contribution in [2.75, 3.05) is 31.7 Å². The highest BCUT2D eigenvalue weighted by Crippen LogP contribution is 2.27. The number of anilines is 1. The predicted molar refractivity (Wildman–Crippen MR) is 85.7 cm³/mol. The SMILES string of the molecule is COCCN(CC(C)C)c1ccc(Br)cc1CBr. The Morgan fingerprint density at radius 2 is 2.06 bits per heavy atom. The van der Waals surface area contributed by atoms with Crippen molar-refractivity contribution in [3.8, 4) is 0 Å². The summed E-state index contributed by atoms with van der Waals surface area (Å²) in [4.78, 5) is 2.40. The van der Waals surface area contributed by atoms with E-state index in [1.165, 1.54) is 11.3 Å². The second kappa shape index (κ2) is 8.18. The Labute approximate surface area is 127 Å². The van der Waals surface area contributed by atoms with Crippen molar-refractivity contribution in [1.29, 1.82) is 0 Å². The average molecular weight is 379 g/mol. The van der Waals surface area contributed by atoms with E-state index in [4.69, 9.17) is 4.74 Å². The number of hydrogen-bond donors (Lipinski definition) is 0. The van der Waals surface area contributed by atoms with Gasteiger partial charge in [-0.1, -0.05) is 45.7 Å². The molecule has 0 saturated carbocycles. The van der Waals surface area contributed by atoms with Crippen LogP contribution >= 0.6 is 31.9 Å². The van der Waals surface area contributed by atoms with Gasteiger partial charge >= 0.3 is 0 Å². The van der Waals surface area contributed by atoms with Crippen molar-refractivity contribution in [2.24, 2.45) is 5.92 Å². The van der Waals surface area contributed by atoms with Crippen LogP contribution in [-0.2, 0) is 10.1 Å². The van der Waals surface area contributed by atoms with Gasteiger partial charge in [-0.3, -0.25) is 0 Å². The first-order valence-electron chi connectivity index (χ1n) is 6.16. The zero-order valence-electron chi connectivity index (χ0n) is 11.2. The van der Waals surface area contributed by atoms with Crippen LogP contribution in [0.1, 0.15) is 19.4 Å². The van der Waals surface area contributed by atoms with Gasteiger partial charge < -0.3 is 9.64 Å². The molecule has 0 aliphatic heterocycles. The van der Waals surface area contributed by atoms with E-state index < -0.39 is 0 Å². The van der Waals surface area contributed by atoms with Crippen LogP contribution in [0, 0.1) is 5.92 Å². The number of methoxy groups -OCH3 is 1. The summed E-state index contributed by atoms with van der Waals surface area (Å²) in [5, 5.41) is 0.864. The van der Waals surface area contributed by atoms with Gasteiger partial charge in [-0.2, -0.15) is 0 Å². The van der Waals surface area contributed by atoms with Gasteiger partial charge in [0.25, 0.3) is 0 Å². The fourth-order valence-electron chi connectivity index (χ4n) is 1.92. The summed E-state index contributed by atoms with van der Waals surface area (Å²) >= 11 is 7.09. The van der Waals surface area contributed by atoms with Gasteiger partial charge in [-0.15, -0.1) is 0 Å². The Bertz CT molecular complexity index is 369. The Balaban J connectivity index is 2.95. The summed E-state index contributed by atoms with van der Waals surface area (Å²) in [7, 11) is 1.75. The fourth-order valence-corrected chi connectivity index (χ4v) is 2.78. The minimum atomic E-state index is 0.633. The van der Waals surface area contributed by atoms with Gasteiger partial charge in [0.1, 0.15) is 0 Å². The molecule has 0 saturated heterocycles. The number of rotatable bonds is 7. The fraction of sp³-hybridized carbons (Fsp3) is 0.571. The molecule has 2 nitrogen and oxygen atoms in total. The van der Waals surface area contributed by atoms with Crippen molar-refractivity contribution >= 4 is 37.5 Å². The zero-order valence-corrected chi connectivity index (χ0v) is 14.4. The van der Waals surface area contributed by atoms with E-state index in [1.807, 2.05) is 0 Å². The second-order valence-electron chi connectivity index (χ2n) is 4.74. The first-order valence-corrected chi connectivity index (χ1v) is 8.08. The Morgan fingerprint density at radius 3 is 2.61 bits per heavy atom. The lowest BCUT2D eigenvalue weighted by Crippen LogP contribution is -2.31. The van der Waals surface area contributed by atoms with Crippen molar-refractivity contribution in [3.63, 3.8) is 0 Å². The highest BCUT2D eigenvalue weighted by molar-refractivity contribution is 9.10. The van der Waals surface area contributed by atoms with Gasteiger partial charge in [0, 0.05) is 35.7 Å². The summed E-state index contributed by atoms with van der Waals surface area (Å²) in [5.41, 5.74) is 2.60. The topological polar surface area (TPSA) is 12.5 Å². The van der Waals surface area contributed by atoms with Crippen LogP contribution in [-0.4, -0.2) is 26.8 Å². The highest BCUT2D eigenvalue weighted by Gasteiger charge is 2.12. The molecule has 0 aromatic heterocycles. The van der Waals surface area contributed by atoms with E-state index in [0.29, 0.717) is 5.92 Å². The van der Waals surface area contributed by atoms with E-state index in [0.717, 1.165) is 29.5 Å². The number of alkyl halides is 1. The number of hydrogen-bond acceptors (Lipinski definition) is 2. The van der Waals surface area contributed by atoms with E-state index in [-0.39, 0.29) is 0 Å². The number of halogens is 2. The average Bonchev–Trinajstić information content (AvgIpc) is 2.34. The van der Waals surface area contributed by atoms with Crippen LogP contribution in [0.2, 0.25) is 0 Å². The maximum atomic E-state index is 5.21. The third-order valence-electron chi connectivity index (χ3n) is 2.68.